The fraction of sp³-hybridized carbons (Fsp3) is 0.500. The maximum absolute atomic E-state index is 13.7. The molecule has 110 valence electrons. The quantitative estimate of drug-likeness (QED) is 0.843. The van der Waals surface area contributed by atoms with Gasteiger partial charge in [-0.05, 0) is 18.5 Å². The predicted molar refractivity (Wildman–Crippen MR) is 68.0 cm³/mol. The summed E-state index contributed by atoms with van der Waals surface area (Å²) in [6, 6.07) is 6.57. The molecule has 0 saturated carbocycles. The molecule has 1 saturated heterocycles. The lowest BCUT2D eigenvalue weighted by Crippen LogP contribution is -2.31. The Labute approximate surface area is 117 Å². The van der Waals surface area contributed by atoms with E-state index in [2.05, 4.69) is 0 Å². The van der Waals surface area contributed by atoms with Crippen molar-refractivity contribution < 1.29 is 29.9 Å². The van der Waals surface area contributed by atoms with Gasteiger partial charge < -0.3 is 19.3 Å². The summed E-state index contributed by atoms with van der Waals surface area (Å²) in [4.78, 5) is 11.9. The molecule has 0 radical (unpaired) electrons. The van der Waals surface area contributed by atoms with Crippen molar-refractivity contribution >= 4 is 5.97 Å². The number of hydrogen-bond donors (Lipinski definition) is 1. The molecule has 1 heterocycles. The van der Waals surface area contributed by atoms with E-state index in [1.807, 2.05) is 0 Å². The molecule has 1 aromatic carbocycles. The molecule has 2 rings (SSSR count). The number of carbonyl (C=O) groups is 1. The van der Waals surface area contributed by atoms with Gasteiger partial charge in [-0.3, -0.25) is 0 Å². The molecule has 1 fully saturated rings. The fourth-order valence-electron chi connectivity index (χ4n) is 1.98. The van der Waals surface area contributed by atoms with Gasteiger partial charge in [-0.1, -0.05) is 18.2 Å². The first kappa shape index (κ1) is 13.5. The number of aliphatic hydroxyl groups excluding tert-OH is 1. The van der Waals surface area contributed by atoms with Crippen LogP contribution in [0.1, 0.15) is 17.3 Å². The summed E-state index contributed by atoms with van der Waals surface area (Å²) < 4.78 is 36.0. The number of esters is 1. The van der Waals surface area contributed by atoms with Crippen LogP contribution in [-0.4, -0.2) is 49.5 Å². The van der Waals surface area contributed by atoms with E-state index >= 15 is 0 Å². The van der Waals surface area contributed by atoms with Crippen molar-refractivity contribution in [1.29, 1.82) is 0 Å². The van der Waals surface area contributed by atoms with E-state index in [0.29, 0.717) is 5.56 Å². The number of rotatable bonds is 4. The molecule has 0 aliphatic carbocycles. The maximum Gasteiger partial charge on any atom is 0.338 e. The van der Waals surface area contributed by atoms with Crippen molar-refractivity contribution in [3.05, 3.63) is 35.4 Å². The Hall–Kier alpha value is -1.50. The average Bonchev–Trinajstić information content (AvgIpc) is 2.80. The number of aryl methyl sites for hydroxylation is 1. The van der Waals surface area contributed by atoms with Crippen molar-refractivity contribution in [3.8, 4) is 0 Å². The Morgan fingerprint density at radius 2 is 2.30 bits per heavy atom. The second kappa shape index (κ2) is 6.30. The van der Waals surface area contributed by atoms with Gasteiger partial charge in [0, 0.05) is 8.48 Å². The highest BCUT2D eigenvalue weighted by atomic mass is 19.1. The topological polar surface area (TPSA) is 65.0 Å². The highest BCUT2D eigenvalue weighted by Crippen LogP contribution is 2.25. The number of alkyl halides is 1. The van der Waals surface area contributed by atoms with E-state index in [1.54, 1.807) is 24.3 Å². The van der Waals surface area contributed by atoms with Crippen LogP contribution in [0.3, 0.4) is 0 Å². The molecule has 4 atom stereocenters. The van der Waals surface area contributed by atoms with Gasteiger partial charge in [0.25, 0.3) is 0 Å². The second-order valence-corrected chi connectivity index (χ2v) is 4.47. The van der Waals surface area contributed by atoms with Crippen molar-refractivity contribution in [2.75, 3.05) is 13.7 Å². The maximum atomic E-state index is 13.7. The second-order valence-electron chi connectivity index (χ2n) is 4.47. The molecule has 0 amide bonds. The first-order valence-corrected chi connectivity index (χ1v) is 6.13. The molecule has 1 N–H and O–H groups in total. The zero-order valence-corrected chi connectivity index (χ0v) is 11.0. The van der Waals surface area contributed by atoms with Crippen LogP contribution >= 0.6 is 0 Å². The smallest absolute Gasteiger partial charge is 0.338 e. The van der Waals surface area contributed by atoms with E-state index in [-0.39, 0.29) is 19.1 Å². The van der Waals surface area contributed by atoms with Gasteiger partial charge in [-0.25, -0.2) is 9.18 Å². The van der Waals surface area contributed by atoms with Gasteiger partial charge in [-0.2, -0.15) is 0 Å². The average molecular weight is 285 g/mol. The number of hydrogen-bond acceptors (Lipinski definition) is 5. The van der Waals surface area contributed by atoms with Crippen LogP contribution in [0.2, 0.25) is 0 Å². The molecule has 0 aromatic heterocycles. The predicted octanol–water partition coefficient (Wildman–Crippen LogP) is 1.22. The lowest BCUT2D eigenvalue weighted by atomic mass is 10.1. The first-order valence-electron chi connectivity index (χ1n) is 6.83. The minimum atomic E-state index is -1.69. The van der Waals surface area contributed by atoms with Gasteiger partial charge in [0.2, 0.25) is 0 Å². The minimum Gasteiger partial charge on any atom is -0.459 e. The zero-order valence-electron chi connectivity index (χ0n) is 12.0. The molecule has 1 aromatic rings. The summed E-state index contributed by atoms with van der Waals surface area (Å²) in [6.07, 6.45) is -5.23. The first-order chi connectivity index (χ1) is 10.1. The molecule has 6 heteroatoms. The van der Waals surface area contributed by atoms with Crippen molar-refractivity contribution in [1.82, 2.24) is 0 Å². The molecule has 20 heavy (non-hydrogen) atoms. The number of ether oxygens (including phenoxy) is 3. The van der Waals surface area contributed by atoms with Crippen LogP contribution in [0, 0.1) is 6.90 Å². The summed E-state index contributed by atoms with van der Waals surface area (Å²) in [5.74, 6) is -0.649. The van der Waals surface area contributed by atoms with E-state index < -0.39 is 30.6 Å². The van der Waals surface area contributed by atoms with Crippen LogP contribution in [0.4, 0.5) is 4.39 Å². The third-order valence-corrected chi connectivity index (χ3v) is 3.12. The van der Waals surface area contributed by atoms with Crippen molar-refractivity contribution in [2.24, 2.45) is 0 Å². The number of halogens is 1. The van der Waals surface area contributed by atoms with Crippen molar-refractivity contribution in [3.63, 3.8) is 0 Å². The SMILES string of the molecule is [2H]Cc1ccccc1C(=O)OC[C@H]1OC(OC)[C@H](O)[C@@H]1F. The summed E-state index contributed by atoms with van der Waals surface area (Å²) in [6.45, 7) is -0.384. The van der Waals surface area contributed by atoms with Gasteiger partial charge >= 0.3 is 5.97 Å². The van der Waals surface area contributed by atoms with Gasteiger partial charge in [0.05, 0.1) is 5.56 Å². The normalized spacial score (nSPS) is 30.1. The third kappa shape index (κ3) is 2.98. The molecule has 0 bridgehead atoms. The highest BCUT2D eigenvalue weighted by Gasteiger charge is 2.45. The van der Waals surface area contributed by atoms with E-state index in [4.69, 9.17) is 15.6 Å². The number of benzene rings is 1. The lowest BCUT2D eigenvalue weighted by Gasteiger charge is -2.13. The Kier molecular flexibility index (Phi) is 4.25. The van der Waals surface area contributed by atoms with Crippen molar-refractivity contribution in [2.45, 2.75) is 31.6 Å². The monoisotopic (exact) mass is 285 g/mol. The molecular weight excluding hydrogens is 267 g/mol. The fourth-order valence-corrected chi connectivity index (χ4v) is 1.98. The Morgan fingerprint density at radius 1 is 1.55 bits per heavy atom. The number of aliphatic hydroxyl groups is 1. The molecule has 5 nitrogen and oxygen atoms in total. The summed E-state index contributed by atoms with van der Waals surface area (Å²) >= 11 is 0. The zero-order chi connectivity index (χ0) is 15.4. The van der Waals surface area contributed by atoms with Crippen LogP contribution in [0.15, 0.2) is 24.3 Å². The lowest BCUT2D eigenvalue weighted by molar-refractivity contribution is -0.153. The van der Waals surface area contributed by atoms with Crippen LogP contribution in [0.5, 0.6) is 0 Å². The molecule has 1 aliphatic rings. The summed E-state index contributed by atoms with van der Waals surface area (Å²) in [7, 11) is 1.29. The van der Waals surface area contributed by atoms with Crippen LogP contribution in [0.25, 0.3) is 0 Å². The standard InChI is InChI=1S/C14H17FO5/c1-8-5-3-4-6-9(8)13(17)19-7-10-11(15)12(16)14(18-2)20-10/h3-6,10-12,14,16H,7H2,1-2H3/t10-,11-,12-,14?/m1/s1/i1D. The molecule has 0 spiro atoms. The Bertz CT molecular complexity index is 498. The molecular formula is C14H17FO5. The van der Waals surface area contributed by atoms with E-state index in [0.717, 1.165) is 0 Å². The molecule has 1 unspecified atom stereocenters. The third-order valence-electron chi connectivity index (χ3n) is 3.12. The number of methoxy groups -OCH3 is 1. The minimum absolute atomic E-state index is 0.0542. The largest absolute Gasteiger partial charge is 0.459 e. The van der Waals surface area contributed by atoms with Gasteiger partial charge in [0.15, 0.2) is 12.5 Å². The van der Waals surface area contributed by atoms with Crippen LogP contribution < -0.4 is 0 Å². The Morgan fingerprint density at radius 3 is 2.95 bits per heavy atom. The van der Waals surface area contributed by atoms with Gasteiger partial charge in [0.1, 0.15) is 18.8 Å². The van der Waals surface area contributed by atoms with E-state index in [1.165, 1.54) is 7.11 Å². The number of carbonyl (C=O) groups excluding carboxylic acids is 1. The summed E-state index contributed by atoms with van der Waals surface area (Å²) in [5, 5.41) is 9.50. The summed E-state index contributed by atoms with van der Waals surface area (Å²) in [5.41, 5.74) is 0.797. The Balaban J connectivity index is 1.96. The highest BCUT2D eigenvalue weighted by molar-refractivity contribution is 5.90. The van der Waals surface area contributed by atoms with Gasteiger partial charge in [-0.15, -0.1) is 0 Å². The van der Waals surface area contributed by atoms with Crippen LogP contribution in [-0.2, 0) is 14.2 Å². The van der Waals surface area contributed by atoms with E-state index in [9.17, 15) is 14.3 Å². The molecule has 1 aliphatic heterocycles.